The lowest BCUT2D eigenvalue weighted by Gasteiger charge is -2.29. The average Bonchev–Trinajstić information content (AvgIpc) is 2.85. The minimum atomic E-state index is -0.866. The van der Waals surface area contributed by atoms with Crippen molar-refractivity contribution in [1.29, 1.82) is 0 Å². The summed E-state index contributed by atoms with van der Waals surface area (Å²) in [6.45, 7) is 1.71. The zero-order chi connectivity index (χ0) is 23.5. The van der Waals surface area contributed by atoms with Crippen molar-refractivity contribution in [2.75, 3.05) is 13.3 Å². The van der Waals surface area contributed by atoms with Crippen LogP contribution in [0.1, 0.15) is 80.9 Å². The smallest absolute Gasteiger partial charge is 0.200 e. The summed E-state index contributed by atoms with van der Waals surface area (Å²) in [7, 11) is 0. The van der Waals surface area contributed by atoms with Gasteiger partial charge in [-0.15, -0.1) is 0 Å². The van der Waals surface area contributed by atoms with Gasteiger partial charge in [0.2, 0.25) is 5.82 Å². The van der Waals surface area contributed by atoms with Crippen molar-refractivity contribution in [3.63, 3.8) is 0 Å². The second kappa shape index (κ2) is 13.5. The Labute approximate surface area is 197 Å². The minimum absolute atomic E-state index is 0.00369. The third-order valence-electron chi connectivity index (χ3n) is 6.89. The molecule has 0 bridgehead atoms. The van der Waals surface area contributed by atoms with Crippen LogP contribution in [0, 0.1) is 17.6 Å². The Bertz CT molecular complexity index is 867. The van der Waals surface area contributed by atoms with Gasteiger partial charge in [0.05, 0.1) is 6.61 Å². The fourth-order valence-electron chi connectivity index (χ4n) is 4.90. The van der Waals surface area contributed by atoms with Crippen LogP contribution in [0.5, 0.6) is 5.75 Å². The van der Waals surface area contributed by atoms with E-state index in [4.69, 9.17) is 4.74 Å². The first-order valence-corrected chi connectivity index (χ1v) is 12.5. The topological polar surface area (TPSA) is 9.23 Å². The molecule has 0 radical (unpaired) electrons. The molecule has 0 N–H and O–H groups in total. The van der Waals surface area contributed by atoms with Crippen LogP contribution in [0.3, 0.4) is 0 Å². The fraction of sp³-hybridized carbons (Fsp3) is 0.517. The number of rotatable bonds is 12. The largest absolute Gasteiger partial charge is 0.491 e. The van der Waals surface area contributed by atoms with E-state index in [1.54, 1.807) is 25.1 Å². The van der Waals surface area contributed by atoms with E-state index in [1.165, 1.54) is 11.1 Å². The highest BCUT2D eigenvalue weighted by atomic mass is 19.2. The van der Waals surface area contributed by atoms with Crippen LogP contribution < -0.4 is 4.74 Å². The summed E-state index contributed by atoms with van der Waals surface area (Å²) in [5, 5.41) is 0. The number of allylic oxidation sites excluding steroid dienone is 2. The molecule has 2 aromatic carbocycles. The van der Waals surface area contributed by atoms with Crippen molar-refractivity contribution in [3.8, 4) is 5.75 Å². The van der Waals surface area contributed by atoms with Gasteiger partial charge in [-0.2, -0.15) is 4.39 Å². The Kier molecular flexibility index (Phi) is 10.4. The van der Waals surface area contributed by atoms with Gasteiger partial charge in [-0.3, -0.25) is 0 Å². The lowest BCUT2D eigenvalue weighted by Crippen LogP contribution is -2.14. The maximum Gasteiger partial charge on any atom is 0.200 e. The van der Waals surface area contributed by atoms with E-state index in [2.05, 4.69) is 24.3 Å². The first kappa shape index (κ1) is 25.4. The van der Waals surface area contributed by atoms with Crippen molar-refractivity contribution >= 4 is 0 Å². The summed E-state index contributed by atoms with van der Waals surface area (Å²) in [6, 6.07) is 12.3. The van der Waals surface area contributed by atoms with Gasteiger partial charge in [0.1, 0.15) is 6.67 Å². The molecule has 0 aliphatic heterocycles. The number of aryl methyl sites for hydroxylation is 2. The number of ether oxygens (including phenoxy) is 1. The van der Waals surface area contributed by atoms with E-state index in [9.17, 15) is 13.2 Å². The summed E-state index contributed by atoms with van der Waals surface area (Å²) in [5.74, 6) is -0.459. The Balaban J connectivity index is 1.41. The van der Waals surface area contributed by atoms with Gasteiger partial charge in [0, 0.05) is 0 Å². The van der Waals surface area contributed by atoms with Crippen LogP contribution >= 0.6 is 0 Å². The van der Waals surface area contributed by atoms with Gasteiger partial charge < -0.3 is 4.74 Å². The van der Waals surface area contributed by atoms with E-state index in [0.29, 0.717) is 30.4 Å². The SMILES string of the molecule is CCOc1ccc(CCC2CCC(c3ccc(CCCCC=CCF)cc3)CC2)c(F)c1F. The second-order valence-electron chi connectivity index (χ2n) is 9.15. The van der Waals surface area contributed by atoms with Crippen molar-refractivity contribution < 1.29 is 17.9 Å². The van der Waals surface area contributed by atoms with E-state index in [0.717, 1.165) is 57.8 Å². The predicted octanol–water partition coefficient (Wildman–Crippen LogP) is 8.51. The van der Waals surface area contributed by atoms with E-state index < -0.39 is 11.6 Å². The van der Waals surface area contributed by atoms with Crippen LogP contribution in [-0.2, 0) is 12.8 Å². The number of unbranched alkanes of at least 4 members (excludes halogenated alkanes) is 2. The van der Waals surface area contributed by atoms with Crippen molar-refractivity contribution in [2.45, 2.75) is 77.0 Å². The summed E-state index contributed by atoms with van der Waals surface area (Å²) in [6.07, 6.45) is 13.8. The number of hydrogen-bond donors (Lipinski definition) is 0. The highest BCUT2D eigenvalue weighted by molar-refractivity contribution is 5.31. The molecule has 2 aromatic rings. The maximum atomic E-state index is 14.3. The molecule has 0 unspecified atom stereocenters. The van der Waals surface area contributed by atoms with Crippen LogP contribution in [0.25, 0.3) is 0 Å². The highest BCUT2D eigenvalue weighted by Crippen LogP contribution is 2.38. The van der Waals surface area contributed by atoms with Gasteiger partial charge in [-0.1, -0.05) is 42.5 Å². The maximum absolute atomic E-state index is 14.3. The molecule has 33 heavy (non-hydrogen) atoms. The predicted molar refractivity (Wildman–Crippen MR) is 130 cm³/mol. The zero-order valence-corrected chi connectivity index (χ0v) is 19.8. The molecule has 1 aliphatic rings. The lowest BCUT2D eigenvalue weighted by atomic mass is 9.76. The molecule has 0 saturated heterocycles. The summed E-state index contributed by atoms with van der Waals surface area (Å²) >= 11 is 0. The van der Waals surface area contributed by atoms with Crippen LogP contribution in [0.15, 0.2) is 48.6 Å². The molecule has 4 heteroatoms. The molecule has 0 heterocycles. The number of alkyl halides is 1. The highest BCUT2D eigenvalue weighted by Gasteiger charge is 2.23. The van der Waals surface area contributed by atoms with Gasteiger partial charge in [0.15, 0.2) is 11.6 Å². The first-order chi connectivity index (χ1) is 16.1. The molecule has 0 aromatic heterocycles. The molecular formula is C29H37F3O. The third kappa shape index (κ3) is 7.65. The Morgan fingerprint density at radius 2 is 1.64 bits per heavy atom. The number of benzene rings is 2. The second-order valence-corrected chi connectivity index (χ2v) is 9.15. The molecule has 0 atom stereocenters. The minimum Gasteiger partial charge on any atom is -0.491 e. The van der Waals surface area contributed by atoms with Crippen molar-refractivity contribution in [3.05, 3.63) is 76.9 Å². The average molecular weight is 459 g/mol. The summed E-state index contributed by atoms with van der Waals surface area (Å²) < 4.78 is 45.6. The monoisotopic (exact) mass is 458 g/mol. The number of halogens is 3. The quantitative estimate of drug-likeness (QED) is 0.229. The van der Waals surface area contributed by atoms with E-state index in [1.807, 2.05) is 6.08 Å². The van der Waals surface area contributed by atoms with Crippen LogP contribution in [-0.4, -0.2) is 13.3 Å². The fourth-order valence-corrected chi connectivity index (χ4v) is 4.90. The first-order valence-electron chi connectivity index (χ1n) is 12.5. The molecule has 1 aliphatic carbocycles. The molecular weight excluding hydrogens is 421 g/mol. The summed E-state index contributed by atoms with van der Waals surface area (Å²) in [5.41, 5.74) is 3.24. The Hall–Kier alpha value is -2.23. The third-order valence-corrected chi connectivity index (χ3v) is 6.89. The van der Waals surface area contributed by atoms with Crippen molar-refractivity contribution in [1.82, 2.24) is 0 Å². The van der Waals surface area contributed by atoms with Crippen LogP contribution in [0.4, 0.5) is 13.2 Å². The Morgan fingerprint density at radius 3 is 2.33 bits per heavy atom. The standard InChI is InChI=1S/C29H37F3O/c1-2-33-27-20-19-26(28(31)29(27)32)18-13-23-11-16-25(17-12-23)24-14-9-22(10-15-24)8-6-4-3-5-7-21-30/h5,7,9-10,14-15,19-20,23,25H,2-4,6,8,11-13,16-18,21H2,1H3. The molecule has 1 fully saturated rings. The lowest BCUT2D eigenvalue weighted by molar-refractivity contribution is 0.305. The molecule has 3 rings (SSSR count). The number of hydrogen-bond acceptors (Lipinski definition) is 1. The molecule has 0 amide bonds. The van der Waals surface area contributed by atoms with Gasteiger partial charge in [-0.25, -0.2) is 8.78 Å². The molecule has 1 nitrogen and oxygen atoms in total. The summed E-state index contributed by atoms with van der Waals surface area (Å²) in [4.78, 5) is 0. The van der Waals surface area contributed by atoms with Crippen molar-refractivity contribution in [2.24, 2.45) is 5.92 Å². The molecule has 180 valence electrons. The van der Waals surface area contributed by atoms with E-state index >= 15 is 0 Å². The van der Waals surface area contributed by atoms with Gasteiger partial charge >= 0.3 is 0 Å². The van der Waals surface area contributed by atoms with E-state index in [-0.39, 0.29) is 12.4 Å². The Morgan fingerprint density at radius 1 is 0.879 bits per heavy atom. The van der Waals surface area contributed by atoms with Gasteiger partial charge in [-0.05, 0) is 106 Å². The van der Waals surface area contributed by atoms with Gasteiger partial charge in [0.25, 0.3) is 0 Å². The normalized spacial score (nSPS) is 18.7. The molecule has 0 spiro atoms. The molecule has 1 saturated carbocycles. The zero-order valence-electron chi connectivity index (χ0n) is 19.8. The van der Waals surface area contributed by atoms with Crippen LogP contribution in [0.2, 0.25) is 0 Å².